The van der Waals surface area contributed by atoms with Crippen molar-refractivity contribution in [3.8, 4) is 5.75 Å². The third kappa shape index (κ3) is 8.18. The molecule has 13 nitrogen and oxygen atoms in total. The minimum Gasteiger partial charge on any atom is -0.481 e. The van der Waals surface area contributed by atoms with Gasteiger partial charge in [-0.3, -0.25) is 14.4 Å². The summed E-state index contributed by atoms with van der Waals surface area (Å²) in [4.78, 5) is 70.2. The number of nitrogens with zero attached hydrogens (tertiary/aromatic N) is 3. The number of ether oxygens (including phenoxy) is 3. The van der Waals surface area contributed by atoms with E-state index >= 15 is 4.39 Å². The summed E-state index contributed by atoms with van der Waals surface area (Å²) < 4.78 is 31.1. The van der Waals surface area contributed by atoms with Gasteiger partial charge in [0.1, 0.15) is 23.0 Å². The molecule has 0 spiro atoms. The lowest BCUT2D eigenvalue weighted by Gasteiger charge is -2.35. The Morgan fingerprint density at radius 3 is 2.35 bits per heavy atom. The first-order valence-corrected chi connectivity index (χ1v) is 14.7. The third-order valence-electron chi connectivity index (χ3n) is 7.16. The van der Waals surface area contributed by atoms with Crippen molar-refractivity contribution >= 4 is 52.4 Å². The van der Waals surface area contributed by atoms with Crippen molar-refractivity contribution in [2.45, 2.75) is 31.9 Å². The van der Waals surface area contributed by atoms with Gasteiger partial charge in [0.2, 0.25) is 12.0 Å². The van der Waals surface area contributed by atoms with Crippen LogP contribution < -0.4 is 10.1 Å². The zero-order valence-electron chi connectivity index (χ0n) is 25.0. The van der Waals surface area contributed by atoms with E-state index in [4.69, 9.17) is 25.8 Å². The number of pyridine rings is 1. The Hall–Kier alpha value is -4.98. The van der Waals surface area contributed by atoms with Crippen LogP contribution in [0.25, 0.3) is 10.9 Å². The van der Waals surface area contributed by atoms with Gasteiger partial charge < -0.3 is 34.4 Å². The van der Waals surface area contributed by atoms with Gasteiger partial charge in [-0.2, -0.15) is 0 Å². The number of carboxylic acids is 1. The van der Waals surface area contributed by atoms with Crippen LogP contribution in [0.1, 0.15) is 41.9 Å². The highest BCUT2D eigenvalue weighted by Gasteiger charge is 2.32. The Morgan fingerprint density at radius 2 is 1.72 bits per heavy atom. The number of rotatable bonds is 11. The molecule has 1 aliphatic heterocycles. The second-order valence-corrected chi connectivity index (χ2v) is 10.6. The number of amides is 3. The number of piperazine rings is 1. The van der Waals surface area contributed by atoms with Crippen molar-refractivity contribution in [2.24, 2.45) is 0 Å². The van der Waals surface area contributed by atoms with E-state index in [1.54, 1.807) is 37.3 Å². The highest BCUT2D eigenvalue weighted by molar-refractivity contribution is 6.31. The van der Waals surface area contributed by atoms with Gasteiger partial charge in [-0.1, -0.05) is 41.9 Å². The lowest BCUT2D eigenvalue weighted by atomic mass is 10.1. The van der Waals surface area contributed by atoms with E-state index in [-0.39, 0.29) is 66.6 Å². The molecule has 2 aromatic carbocycles. The highest BCUT2D eigenvalue weighted by atomic mass is 35.5. The molecule has 2 heterocycles. The van der Waals surface area contributed by atoms with Gasteiger partial charge in [0.25, 0.3) is 5.91 Å². The summed E-state index contributed by atoms with van der Waals surface area (Å²) in [6.45, 7) is 2.50. The van der Waals surface area contributed by atoms with Crippen LogP contribution in [0, 0.1) is 5.82 Å². The Balaban J connectivity index is 1.65. The van der Waals surface area contributed by atoms with Gasteiger partial charge in [0.15, 0.2) is 5.82 Å². The maximum atomic E-state index is 15.1. The summed E-state index contributed by atoms with van der Waals surface area (Å²) in [5, 5.41) is 11.9. The van der Waals surface area contributed by atoms with E-state index < -0.39 is 54.2 Å². The number of nitrogens with one attached hydrogen (secondary N) is 1. The molecule has 4 rings (SSSR count). The number of carbonyl (C=O) groups is 5. The number of methoxy groups -OCH3 is 1. The Labute approximate surface area is 268 Å². The van der Waals surface area contributed by atoms with Crippen LogP contribution in [0.4, 0.5) is 9.18 Å². The van der Waals surface area contributed by atoms with Crippen LogP contribution in [0.5, 0.6) is 5.75 Å². The van der Waals surface area contributed by atoms with Crippen LogP contribution in [0.3, 0.4) is 0 Å². The number of aromatic nitrogens is 1. The zero-order valence-corrected chi connectivity index (χ0v) is 25.8. The molecule has 15 heteroatoms. The standard InChI is InChI=1S/C31H32ClFN4O9/c1-3-45-31(43)37-13-11-36(12-14-37)29(41)22(9-10-25(38)39)35-28(40)23-17-24(20-15-19(32)16-21(33)26(20)34-23)46-27(30(42)44-2)18-7-5-4-6-8-18/h4-8,15-17,22,27H,3,9-14H2,1-2H3,(H,35,40)(H,38,39)/t22-,27?/m0/s1. The van der Waals surface area contributed by atoms with Crippen molar-refractivity contribution < 1.29 is 47.7 Å². The number of carbonyl (C=O) groups excluding carboxylic acids is 4. The van der Waals surface area contributed by atoms with E-state index in [1.807, 2.05) is 0 Å². The fraction of sp³-hybridized carbons (Fsp3) is 0.355. The summed E-state index contributed by atoms with van der Waals surface area (Å²) in [5.74, 6) is -4.46. The molecule has 1 aliphatic rings. The van der Waals surface area contributed by atoms with Gasteiger partial charge in [-0.15, -0.1) is 0 Å². The molecule has 1 saturated heterocycles. The van der Waals surface area contributed by atoms with Crippen molar-refractivity contribution in [2.75, 3.05) is 39.9 Å². The summed E-state index contributed by atoms with van der Waals surface area (Å²) in [5.41, 5.74) is -0.261. The Morgan fingerprint density at radius 1 is 1.04 bits per heavy atom. The largest absolute Gasteiger partial charge is 0.481 e. The molecule has 244 valence electrons. The summed E-state index contributed by atoms with van der Waals surface area (Å²) in [6.07, 6.45) is -2.52. The zero-order chi connectivity index (χ0) is 33.4. The number of esters is 1. The van der Waals surface area contributed by atoms with Crippen LogP contribution in [-0.2, 0) is 23.9 Å². The van der Waals surface area contributed by atoms with Crippen molar-refractivity contribution in [3.05, 3.63) is 70.6 Å². The summed E-state index contributed by atoms with van der Waals surface area (Å²) in [6, 6.07) is 10.6. The Kier molecular flexibility index (Phi) is 11.3. The molecule has 0 aliphatic carbocycles. The topological polar surface area (TPSA) is 165 Å². The molecule has 2 atom stereocenters. The molecule has 46 heavy (non-hydrogen) atoms. The predicted octanol–water partition coefficient (Wildman–Crippen LogP) is 3.58. The molecule has 1 aromatic heterocycles. The maximum Gasteiger partial charge on any atom is 0.409 e. The number of benzene rings is 2. The molecule has 3 amide bonds. The second-order valence-electron chi connectivity index (χ2n) is 10.2. The SMILES string of the molecule is CCOC(=O)N1CCN(C(=O)[C@H](CCC(=O)O)NC(=O)c2cc(OC(C(=O)OC)c3ccccc3)c3cc(Cl)cc(F)c3n2)CC1. The van der Waals surface area contributed by atoms with Crippen LogP contribution in [-0.4, -0.2) is 95.7 Å². The Bertz CT molecular complexity index is 1620. The average molecular weight is 659 g/mol. The minimum atomic E-state index is -1.31. The molecule has 2 N–H and O–H groups in total. The molecule has 0 bridgehead atoms. The van der Waals surface area contributed by atoms with E-state index in [2.05, 4.69) is 10.3 Å². The van der Waals surface area contributed by atoms with Gasteiger partial charge in [-0.25, -0.2) is 19.0 Å². The van der Waals surface area contributed by atoms with E-state index in [0.29, 0.717) is 5.56 Å². The first-order valence-electron chi connectivity index (χ1n) is 14.3. The fourth-order valence-corrected chi connectivity index (χ4v) is 5.06. The van der Waals surface area contributed by atoms with Gasteiger partial charge >= 0.3 is 18.0 Å². The molecule has 1 fully saturated rings. The number of fused-ring (bicyclic) bond motifs is 1. The first-order chi connectivity index (χ1) is 22.0. The molecule has 0 saturated carbocycles. The van der Waals surface area contributed by atoms with Crippen LogP contribution in [0.2, 0.25) is 5.02 Å². The number of hydrogen-bond donors (Lipinski definition) is 2. The predicted molar refractivity (Wildman–Crippen MR) is 162 cm³/mol. The lowest BCUT2D eigenvalue weighted by Crippen LogP contribution is -2.56. The van der Waals surface area contributed by atoms with Crippen LogP contribution >= 0.6 is 11.6 Å². The van der Waals surface area contributed by atoms with Gasteiger partial charge in [0.05, 0.1) is 13.7 Å². The molecule has 3 aromatic rings. The van der Waals surface area contributed by atoms with Crippen LogP contribution in [0.15, 0.2) is 48.5 Å². The third-order valence-corrected chi connectivity index (χ3v) is 7.37. The van der Waals surface area contributed by atoms with Gasteiger partial charge in [0, 0.05) is 54.6 Å². The van der Waals surface area contributed by atoms with E-state index in [9.17, 15) is 29.1 Å². The monoisotopic (exact) mass is 658 g/mol. The fourth-order valence-electron chi connectivity index (χ4n) is 4.85. The summed E-state index contributed by atoms with van der Waals surface area (Å²) >= 11 is 6.11. The van der Waals surface area contributed by atoms with Crippen molar-refractivity contribution in [1.82, 2.24) is 20.1 Å². The number of hydrogen-bond acceptors (Lipinski definition) is 9. The summed E-state index contributed by atoms with van der Waals surface area (Å²) in [7, 11) is 1.17. The van der Waals surface area contributed by atoms with Crippen molar-refractivity contribution in [3.63, 3.8) is 0 Å². The molecular weight excluding hydrogens is 627 g/mol. The normalized spacial score (nSPS) is 14.3. The van der Waals surface area contributed by atoms with Gasteiger partial charge in [-0.05, 0) is 25.5 Å². The number of halogens is 2. The molecule has 0 radical (unpaired) electrons. The molecular formula is C31H32ClFN4O9. The maximum absolute atomic E-state index is 15.1. The number of aliphatic carboxylic acids is 1. The second kappa shape index (κ2) is 15.3. The lowest BCUT2D eigenvalue weighted by molar-refractivity contribution is -0.149. The first kappa shape index (κ1) is 33.9. The van der Waals surface area contributed by atoms with E-state index in [0.717, 1.165) is 6.07 Å². The van der Waals surface area contributed by atoms with E-state index in [1.165, 1.54) is 29.0 Å². The smallest absolute Gasteiger partial charge is 0.409 e. The quantitative estimate of drug-likeness (QED) is 0.291. The molecule has 1 unspecified atom stereocenters. The minimum absolute atomic E-state index is 0.00515. The average Bonchev–Trinajstić information content (AvgIpc) is 3.05. The number of carboxylic acid groups (broad SMARTS) is 1. The van der Waals surface area contributed by atoms with Crippen molar-refractivity contribution in [1.29, 1.82) is 0 Å². The highest BCUT2D eigenvalue weighted by Crippen LogP contribution is 2.34.